The number of benzene rings is 1. The molecule has 40 heavy (non-hydrogen) atoms. The molecule has 0 unspecified atom stereocenters. The maximum absolute atomic E-state index is 15.5. The molecule has 1 amide bonds. The molecule has 204 valence electrons. The van der Waals surface area contributed by atoms with Gasteiger partial charge in [0.2, 0.25) is 0 Å². The molecule has 3 aliphatic rings. The van der Waals surface area contributed by atoms with E-state index in [0.29, 0.717) is 41.4 Å². The third-order valence-corrected chi connectivity index (χ3v) is 8.61. The highest BCUT2D eigenvalue weighted by Gasteiger charge is 2.46. The molecule has 0 saturated heterocycles. The van der Waals surface area contributed by atoms with Crippen LogP contribution in [-0.2, 0) is 13.5 Å². The molecule has 3 aromatic heterocycles. The number of H-pyrrole nitrogens is 1. The first-order chi connectivity index (χ1) is 19.2. The molecule has 1 atom stereocenters. The van der Waals surface area contributed by atoms with Crippen molar-refractivity contribution in [2.75, 3.05) is 0 Å². The monoisotopic (exact) mass is 560 g/mol. The number of carbonyl (C=O) groups excluding carboxylic acids is 1. The molecule has 0 bridgehead atoms. The highest BCUT2D eigenvalue weighted by molar-refractivity contribution is 6.31. The van der Waals surface area contributed by atoms with E-state index in [9.17, 15) is 14.4 Å². The van der Waals surface area contributed by atoms with E-state index >= 15 is 4.39 Å². The molecular formula is C29H26ClFN6O3. The normalized spacial score (nSPS) is 17.9. The van der Waals surface area contributed by atoms with E-state index in [1.165, 1.54) is 33.6 Å². The number of nitrogens with zero attached hydrogens (tertiary/aromatic N) is 4. The Labute approximate surface area is 233 Å². The van der Waals surface area contributed by atoms with Crippen molar-refractivity contribution in [2.24, 2.45) is 13.0 Å². The molecule has 11 heteroatoms. The van der Waals surface area contributed by atoms with Crippen LogP contribution >= 0.6 is 11.6 Å². The molecule has 2 N–H and O–H groups in total. The Morgan fingerprint density at radius 3 is 2.65 bits per heavy atom. The zero-order valence-corrected chi connectivity index (χ0v) is 22.5. The predicted octanol–water partition coefficient (Wildman–Crippen LogP) is 4.00. The molecule has 7 rings (SSSR count). The second-order valence-electron chi connectivity index (χ2n) is 11.2. The molecule has 4 aromatic rings. The van der Waals surface area contributed by atoms with Crippen molar-refractivity contribution in [1.29, 1.82) is 0 Å². The lowest BCUT2D eigenvalue weighted by molar-refractivity contribution is 0.0930. The molecule has 1 spiro atoms. The van der Waals surface area contributed by atoms with Gasteiger partial charge in [0.25, 0.3) is 17.0 Å². The van der Waals surface area contributed by atoms with E-state index in [1.807, 2.05) is 0 Å². The Morgan fingerprint density at radius 2 is 1.93 bits per heavy atom. The van der Waals surface area contributed by atoms with Gasteiger partial charge in [0.05, 0.1) is 34.7 Å². The van der Waals surface area contributed by atoms with Crippen LogP contribution < -0.4 is 16.4 Å². The van der Waals surface area contributed by atoms with Gasteiger partial charge in [0.15, 0.2) is 0 Å². The van der Waals surface area contributed by atoms with Gasteiger partial charge in [-0.05, 0) is 43.2 Å². The van der Waals surface area contributed by atoms with Crippen LogP contribution in [0.4, 0.5) is 4.39 Å². The Hall–Kier alpha value is -4.05. The summed E-state index contributed by atoms with van der Waals surface area (Å²) in [5.74, 6) is -0.0264. The average molecular weight is 561 g/mol. The Bertz CT molecular complexity index is 1820. The summed E-state index contributed by atoms with van der Waals surface area (Å²) in [7, 11) is 1.57. The lowest BCUT2D eigenvalue weighted by Gasteiger charge is -2.26. The van der Waals surface area contributed by atoms with Crippen LogP contribution in [0.5, 0.6) is 0 Å². The molecule has 9 nitrogen and oxygen atoms in total. The number of hydrogen-bond donors (Lipinski definition) is 2. The number of pyridine rings is 1. The van der Waals surface area contributed by atoms with Gasteiger partial charge < -0.3 is 14.9 Å². The van der Waals surface area contributed by atoms with E-state index in [2.05, 4.69) is 20.4 Å². The molecule has 0 radical (unpaired) electrons. The van der Waals surface area contributed by atoms with Crippen molar-refractivity contribution < 1.29 is 9.18 Å². The van der Waals surface area contributed by atoms with Gasteiger partial charge in [-0.1, -0.05) is 30.5 Å². The summed E-state index contributed by atoms with van der Waals surface area (Å²) < 4.78 is 18.3. The third kappa shape index (κ3) is 4.27. The number of carbonyl (C=O) groups is 1. The number of aromatic nitrogens is 5. The van der Waals surface area contributed by atoms with Crippen molar-refractivity contribution in [3.05, 3.63) is 91.4 Å². The fourth-order valence-corrected chi connectivity index (χ4v) is 5.83. The van der Waals surface area contributed by atoms with Crippen molar-refractivity contribution in [3.8, 4) is 22.4 Å². The van der Waals surface area contributed by atoms with Gasteiger partial charge >= 0.3 is 0 Å². The van der Waals surface area contributed by atoms with Gasteiger partial charge in [-0.15, -0.1) is 0 Å². The number of nitrogens with one attached hydrogen (secondary N) is 2. The summed E-state index contributed by atoms with van der Waals surface area (Å²) >= 11 is 6.17. The first-order valence-corrected chi connectivity index (χ1v) is 13.7. The van der Waals surface area contributed by atoms with Crippen LogP contribution in [0.15, 0.2) is 52.4 Å². The van der Waals surface area contributed by atoms with Crippen LogP contribution in [0.1, 0.15) is 59.9 Å². The van der Waals surface area contributed by atoms with Crippen LogP contribution in [0, 0.1) is 11.7 Å². The second-order valence-corrected chi connectivity index (χ2v) is 11.6. The van der Waals surface area contributed by atoms with Crippen LogP contribution in [0.2, 0.25) is 5.02 Å². The maximum atomic E-state index is 15.5. The number of aromatic amines is 1. The van der Waals surface area contributed by atoms with Gasteiger partial charge in [-0.2, -0.15) is 5.10 Å². The molecule has 2 fully saturated rings. The minimum Gasteiger partial charge on any atom is -0.346 e. The van der Waals surface area contributed by atoms with Crippen molar-refractivity contribution in [1.82, 2.24) is 29.6 Å². The van der Waals surface area contributed by atoms with Gasteiger partial charge in [-0.3, -0.25) is 14.4 Å². The van der Waals surface area contributed by atoms with E-state index in [-0.39, 0.29) is 38.7 Å². The van der Waals surface area contributed by atoms with Gasteiger partial charge in [0.1, 0.15) is 11.6 Å². The number of fused-ring (bicyclic) bond motifs is 3. The number of hydrogen-bond acceptors (Lipinski definition) is 5. The zero-order chi connectivity index (χ0) is 27.8. The first-order valence-electron chi connectivity index (χ1n) is 13.4. The topological polar surface area (TPSA) is 115 Å². The highest BCUT2D eigenvalue weighted by Crippen LogP contribution is 2.45. The van der Waals surface area contributed by atoms with Gasteiger partial charge in [-0.25, -0.2) is 14.1 Å². The number of imidazole rings is 1. The quantitative estimate of drug-likeness (QED) is 0.383. The molecular weight excluding hydrogens is 535 g/mol. The molecule has 2 aliphatic carbocycles. The van der Waals surface area contributed by atoms with Gasteiger partial charge in [0, 0.05) is 47.6 Å². The largest absolute Gasteiger partial charge is 0.346 e. The van der Waals surface area contributed by atoms with E-state index in [4.69, 9.17) is 11.6 Å². The second kappa shape index (κ2) is 8.99. The number of amides is 1. The van der Waals surface area contributed by atoms with Crippen LogP contribution in [-0.4, -0.2) is 35.8 Å². The third-order valence-electron chi connectivity index (χ3n) is 8.32. The molecule has 2 saturated carbocycles. The number of halogens is 2. The lowest BCUT2D eigenvalue weighted by Crippen LogP contribution is -2.41. The standard InChI is InChI=1S/C29H26ClFN6O3/c1-36-23(38)9-17(12-33-36)21-13-32-27(34-21)22(8-15-2-3-15)37-14-19-18(10-24(37)39)25-16(4-5-20(30)26(25)31)11-29(6-7-29)35-28(19)40/h4-5,9-10,12-15,22H,2-3,6-8,11H2,1H3,(H,32,34)(H,35,40)/t22-/m1/s1. The highest BCUT2D eigenvalue weighted by atomic mass is 35.5. The Morgan fingerprint density at radius 1 is 1.12 bits per heavy atom. The summed E-state index contributed by atoms with van der Waals surface area (Å²) in [6.45, 7) is 0. The van der Waals surface area contributed by atoms with Crippen molar-refractivity contribution >= 4 is 17.5 Å². The van der Waals surface area contributed by atoms with Crippen molar-refractivity contribution in [3.63, 3.8) is 0 Å². The van der Waals surface area contributed by atoms with Crippen LogP contribution in [0.3, 0.4) is 0 Å². The van der Waals surface area contributed by atoms with E-state index in [1.54, 1.807) is 25.5 Å². The molecule has 4 heterocycles. The Balaban J connectivity index is 1.37. The minimum atomic E-state index is -0.629. The van der Waals surface area contributed by atoms with E-state index < -0.39 is 17.4 Å². The summed E-state index contributed by atoms with van der Waals surface area (Å²) in [6.07, 6.45) is 9.52. The molecule has 1 aromatic carbocycles. The number of aryl methyl sites for hydroxylation is 1. The molecule has 1 aliphatic heterocycles. The average Bonchev–Trinajstić information content (AvgIpc) is 3.84. The minimum absolute atomic E-state index is 0.0559. The van der Waals surface area contributed by atoms with E-state index in [0.717, 1.165) is 25.7 Å². The zero-order valence-electron chi connectivity index (χ0n) is 21.7. The fourth-order valence-electron chi connectivity index (χ4n) is 5.67. The number of rotatable bonds is 5. The summed E-state index contributed by atoms with van der Waals surface area (Å²) in [5.41, 5.74) is 1.50. The predicted molar refractivity (Wildman–Crippen MR) is 147 cm³/mol. The first kappa shape index (κ1) is 25.0. The lowest BCUT2D eigenvalue weighted by atomic mass is 9.89. The van der Waals surface area contributed by atoms with Crippen molar-refractivity contribution in [2.45, 2.75) is 50.1 Å². The fraction of sp³-hybridized carbons (Fsp3) is 0.345. The summed E-state index contributed by atoms with van der Waals surface area (Å²) in [6, 6.07) is 5.61. The van der Waals surface area contributed by atoms with Crippen LogP contribution in [0.25, 0.3) is 22.4 Å². The summed E-state index contributed by atoms with van der Waals surface area (Å²) in [5, 5.41) is 7.16. The Kier molecular flexibility index (Phi) is 5.61. The maximum Gasteiger partial charge on any atom is 0.267 e. The SMILES string of the molecule is Cn1ncc(-c2cnc([C@@H](CC3CC3)n3cc4c(cc3=O)-c3c(ccc(Cl)c3F)CC3(CC3)NC4=O)[nH]2)cc1=O. The summed E-state index contributed by atoms with van der Waals surface area (Å²) in [4.78, 5) is 47.2. The smallest absolute Gasteiger partial charge is 0.267 e.